The lowest BCUT2D eigenvalue weighted by Crippen LogP contribution is -2.25. The molecule has 0 radical (unpaired) electrons. The summed E-state index contributed by atoms with van der Waals surface area (Å²) < 4.78 is 40.2. The Kier molecular flexibility index (Phi) is 4.40. The molecular weight excluding hydrogens is 416 g/mol. The third-order valence-electron chi connectivity index (χ3n) is 5.58. The minimum atomic E-state index is -3.88. The summed E-state index contributed by atoms with van der Waals surface area (Å²) in [5, 5.41) is 1.77. The summed E-state index contributed by atoms with van der Waals surface area (Å²) in [6.45, 7) is 2.06. The number of carbonyl (C=O) groups excluding carboxylic acids is 1. The molecule has 8 heteroatoms. The Balaban J connectivity index is 1.54. The molecule has 0 saturated heterocycles. The van der Waals surface area contributed by atoms with Crippen LogP contribution in [0.15, 0.2) is 63.9 Å². The van der Waals surface area contributed by atoms with Gasteiger partial charge in [-0.05, 0) is 42.3 Å². The highest BCUT2D eigenvalue weighted by atomic mass is 32.2. The highest BCUT2D eigenvalue weighted by Gasteiger charge is 2.25. The minimum absolute atomic E-state index is 0.0589. The van der Waals surface area contributed by atoms with E-state index in [1.54, 1.807) is 29.2 Å². The molecule has 7 nitrogen and oxygen atoms in total. The van der Waals surface area contributed by atoms with Crippen molar-refractivity contribution in [3.05, 3.63) is 60.2 Å². The largest absolute Gasteiger partial charge is 0.495 e. The number of ether oxygens (including phenoxy) is 1. The highest BCUT2D eigenvalue weighted by molar-refractivity contribution is 7.92. The number of anilines is 2. The molecule has 0 saturated carbocycles. The van der Waals surface area contributed by atoms with Crippen LogP contribution in [0, 0.1) is 0 Å². The van der Waals surface area contributed by atoms with Gasteiger partial charge in [0, 0.05) is 36.0 Å². The van der Waals surface area contributed by atoms with Crippen LogP contribution >= 0.6 is 0 Å². The highest BCUT2D eigenvalue weighted by Crippen LogP contribution is 2.38. The third-order valence-corrected chi connectivity index (χ3v) is 6.94. The van der Waals surface area contributed by atoms with Gasteiger partial charge in [-0.3, -0.25) is 9.52 Å². The first-order chi connectivity index (χ1) is 14.9. The van der Waals surface area contributed by atoms with Gasteiger partial charge in [0.2, 0.25) is 5.91 Å². The summed E-state index contributed by atoms with van der Waals surface area (Å²) in [5.74, 6) is 0.336. The molecule has 1 N–H and O–H groups in total. The average molecular weight is 436 g/mol. The van der Waals surface area contributed by atoms with Gasteiger partial charge in [0.15, 0.2) is 0 Å². The second-order valence-electron chi connectivity index (χ2n) is 7.46. The third kappa shape index (κ3) is 3.19. The van der Waals surface area contributed by atoms with Crippen LogP contribution in [-0.2, 0) is 21.2 Å². The van der Waals surface area contributed by atoms with Gasteiger partial charge in [-0.1, -0.05) is 18.2 Å². The van der Waals surface area contributed by atoms with Gasteiger partial charge in [-0.25, -0.2) is 8.42 Å². The molecule has 158 valence electrons. The van der Waals surface area contributed by atoms with Gasteiger partial charge in [-0.15, -0.1) is 0 Å². The topological polar surface area (TPSA) is 88.9 Å². The molecule has 31 heavy (non-hydrogen) atoms. The van der Waals surface area contributed by atoms with Gasteiger partial charge >= 0.3 is 0 Å². The van der Waals surface area contributed by atoms with E-state index in [2.05, 4.69) is 4.72 Å². The lowest BCUT2D eigenvalue weighted by atomic mass is 10.1. The first kappa shape index (κ1) is 19.4. The summed E-state index contributed by atoms with van der Waals surface area (Å²) in [6, 6.07) is 15.8. The van der Waals surface area contributed by atoms with E-state index < -0.39 is 10.0 Å². The fourth-order valence-corrected chi connectivity index (χ4v) is 5.19. The molecule has 4 aromatic rings. The number of furan rings is 1. The van der Waals surface area contributed by atoms with Gasteiger partial charge < -0.3 is 14.1 Å². The fourth-order valence-electron chi connectivity index (χ4n) is 4.08. The Labute approximate surface area is 179 Å². The van der Waals surface area contributed by atoms with Crippen LogP contribution in [0.2, 0.25) is 0 Å². The van der Waals surface area contributed by atoms with Crippen LogP contribution in [0.3, 0.4) is 0 Å². The number of hydrogen-bond acceptors (Lipinski definition) is 5. The molecule has 0 fully saturated rings. The average Bonchev–Trinajstić information content (AvgIpc) is 3.33. The van der Waals surface area contributed by atoms with Crippen molar-refractivity contribution >= 4 is 49.2 Å². The van der Waals surface area contributed by atoms with Crippen molar-refractivity contribution in [2.75, 3.05) is 23.3 Å². The van der Waals surface area contributed by atoms with Crippen molar-refractivity contribution in [3.8, 4) is 5.75 Å². The van der Waals surface area contributed by atoms with Crippen molar-refractivity contribution in [1.82, 2.24) is 0 Å². The first-order valence-corrected chi connectivity index (χ1v) is 11.3. The second kappa shape index (κ2) is 7.02. The van der Waals surface area contributed by atoms with E-state index in [1.807, 2.05) is 24.3 Å². The second-order valence-corrected chi connectivity index (χ2v) is 9.15. The van der Waals surface area contributed by atoms with E-state index in [1.165, 1.54) is 20.1 Å². The number of nitrogens with one attached hydrogen (secondary N) is 1. The van der Waals surface area contributed by atoms with E-state index >= 15 is 0 Å². The zero-order chi connectivity index (χ0) is 21.8. The molecule has 2 heterocycles. The number of fused-ring (bicyclic) bond motifs is 4. The zero-order valence-corrected chi connectivity index (χ0v) is 17.8. The molecule has 1 aromatic heterocycles. The number of methoxy groups -OCH3 is 1. The fraction of sp³-hybridized carbons (Fsp3) is 0.174. The SMILES string of the molecule is COc1cc2c(cc1NS(=O)(=O)c1ccc3c(c1)CCN3C(C)=O)oc1ccccc12. The van der Waals surface area contributed by atoms with E-state index in [9.17, 15) is 13.2 Å². The van der Waals surface area contributed by atoms with Crippen molar-refractivity contribution in [1.29, 1.82) is 0 Å². The molecule has 0 aliphatic carbocycles. The normalized spacial score (nSPS) is 13.5. The summed E-state index contributed by atoms with van der Waals surface area (Å²) in [7, 11) is -2.39. The number of rotatable bonds is 4. The molecule has 1 amide bonds. The summed E-state index contributed by atoms with van der Waals surface area (Å²) in [5.41, 5.74) is 3.16. The molecule has 1 aliphatic rings. The Hall–Kier alpha value is -3.52. The van der Waals surface area contributed by atoms with Crippen molar-refractivity contribution in [2.24, 2.45) is 0 Å². The van der Waals surface area contributed by atoms with E-state index in [0.29, 0.717) is 35.6 Å². The van der Waals surface area contributed by atoms with Crippen LogP contribution in [-0.4, -0.2) is 28.0 Å². The van der Waals surface area contributed by atoms with Gasteiger partial charge in [0.05, 0.1) is 17.7 Å². The minimum Gasteiger partial charge on any atom is -0.495 e. The Morgan fingerprint density at radius 1 is 1.06 bits per heavy atom. The maximum atomic E-state index is 13.1. The molecule has 0 spiro atoms. The van der Waals surface area contributed by atoms with Crippen LogP contribution in [0.4, 0.5) is 11.4 Å². The maximum Gasteiger partial charge on any atom is 0.262 e. The molecule has 3 aromatic carbocycles. The summed E-state index contributed by atoms with van der Waals surface area (Å²) >= 11 is 0. The predicted molar refractivity (Wildman–Crippen MR) is 119 cm³/mol. The Morgan fingerprint density at radius 2 is 1.87 bits per heavy atom. The van der Waals surface area contributed by atoms with E-state index in [-0.39, 0.29) is 10.8 Å². The molecule has 5 rings (SSSR count). The molecular formula is C23H20N2O5S. The number of sulfonamides is 1. The number of para-hydroxylation sites is 1. The maximum absolute atomic E-state index is 13.1. The molecule has 0 atom stereocenters. The molecule has 0 unspecified atom stereocenters. The monoisotopic (exact) mass is 436 g/mol. The number of amides is 1. The summed E-state index contributed by atoms with van der Waals surface area (Å²) in [6.07, 6.45) is 0.618. The smallest absolute Gasteiger partial charge is 0.262 e. The number of benzene rings is 3. The molecule has 1 aliphatic heterocycles. The summed E-state index contributed by atoms with van der Waals surface area (Å²) in [4.78, 5) is 13.5. The Bertz CT molecular complexity index is 1460. The van der Waals surface area contributed by atoms with E-state index in [0.717, 1.165) is 22.0 Å². The predicted octanol–water partition coefficient (Wildman–Crippen LogP) is 4.30. The number of nitrogens with zero attached hydrogens (tertiary/aromatic N) is 1. The standard InChI is InChI=1S/C23H20N2O5S/c1-14(26)25-10-9-15-11-16(7-8-20(15)25)31(27,28)24-19-13-22-18(12-23(19)29-2)17-5-3-4-6-21(17)30-22/h3-8,11-13,24H,9-10H2,1-2H3. The Morgan fingerprint density at radius 3 is 2.65 bits per heavy atom. The van der Waals surface area contributed by atoms with Gasteiger partial charge in [0.1, 0.15) is 16.9 Å². The lowest BCUT2D eigenvalue weighted by molar-refractivity contribution is -0.116. The molecule has 0 bridgehead atoms. The van der Waals surface area contributed by atoms with Crippen LogP contribution in [0.5, 0.6) is 5.75 Å². The van der Waals surface area contributed by atoms with Gasteiger partial charge in [0.25, 0.3) is 10.0 Å². The van der Waals surface area contributed by atoms with Crippen molar-refractivity contribution < 1.29 is 22.4 Å². The van der Waals surface area contributed by atoms with Gasteiger partial charge in [-0.2, -0.15) is 0 Å². The van der Waals surface area contributed by atoms with Crippen LogP contribution < -0.4 is 14.4 Å². The number of carbonyl (C=O) groups is 1. The zero-order valence-electron chi connectivity index (χ0n) is 17.0. The quantitative estimate of drug-likeness (QED) is 0.515. The van der Waals surface area contributed by atoms with Crippen LogP contribution in [0.1, 0.15) is 12.5 Å². The van der Waals surface area contributed by atoms with Crippen molar-refractivity contribution in [3.63, 3.8) is 0 Å². The number of hydrogen-bond donors (Lipinski definition) is 1. The van der Waals surface area contributed by atoms with Crippen molar-refractivity contribution in [2.45, 2.75) is 18.2 Å². The van der Waals surface area contributed by atoms with E-state index in [4.69, 9.17) is 9.15 Å². The first-order valence-electron chi connectivity index (χ1n) is 9.80. The lowest BCUT2D eigenvalue weighted by Gasteiger charge is -2.15. The van der Waals surface area contributed by atoms with Crippen LogP contribution in [0.25, 0.3) is 21.9 Å².